The van der Waals surface area contributed by atoms with Gasteiger partial charge in [0.15, 0.2) is 11.6 Å². The summed E-state index contributed by atoms with van der Waals surface area (Å²) in [4.78, 5) is 41.2. The predicted octanol–water partition coefficient (Wildman–Crippen LogP) is 6.41. The summed E-state index contributed by atoms with van der Waals surface area (Å²) in [7, 11) is 1.48. The fourth-order valence-electron chi connectivity index (χ4n) is 10.5. The molecule has 5 rings (SSSR count). The van der Waals surface area contributed by atoms with Crippen molar-refractivity contribution in [2.45, 2.75) is 92.9 Å². The molecular weight excluding hydrogens is 500 g/mol. The minimum atomic E-state index is -0.934. The van der Waals surface area contributed by atoms with Crippen LogP contribution in [0.2, 0.25) is 0 Å². The Balaban J connectivity index is 1.68. The monoisotopic (exact) mass is 544 g/mol. The zero-order valence-corrected chi connectivity index (χ0v) is 25.0. The van der Waals surface area contributed by atoms with Gasteiger partial charge in [0.2, 0.25) is 0 Å². The molecule has 5 aliphatic carbocycles. The molecule has 0 radical (unpaired) electrons. The molecule has 0 heterocycles. The molecule has 0 aromatic rings. The van der Waals surface area contributed by atoms with Crippen molar-refractivity contribution < 1.29 is 24.2 Å². The first-order chi connectivity index (χ1) is 17.6. The summed E-state index contributed by atoms with van der Waals surface area (Å²) in [5.41, 5.74) is 0.504. The third-order valence-corrected chi connectivity index (χ3v) is 13.1. The van der Waals surface area contributed by atoms with Crippen molar-refractivity contribution in [1.29, 1.82) is 0 Å². The van der Waals surface area contributed by atoms with Crippen molar-refractivity contribution in [2.24, 2.45) is 50.2 Å². The maximum Gasteiger partial charge on any atom is 0.312 e. The van der Waals surface area contributed by atoms with Crippen LogP contribution in [0.15, 0.2) is 22.8 Å². The molecule has 1 N–H and O–H groups in total. The number of ketones is 2. The number of allylic oxidation sites excluding steroid dienone is 3. The van der Waals surface area contributed by atoms with E-state index in [1.54, 1.807) is 0 Å². The number of aliphatic hydroxyl groups excluding tert-OH is 1. The first-order valence-corrected chi connectivity index (χ1v) is 14.8. The van der Waals surface area contributed by atoms with Crippen molar-refractivity contribution in [3.05, 3.63) is 22.8 Å². The molecule has 0 spiro atoms. The average molecular weight is 545 g/mol. The van der Waals surface area contributed by atoms with Gasteiger partial charge in [-0.25, -0.2) is 0 Å². The second-order valence-corrected chi connectivity index (χ2v) is 15.3. The van der Waals surface area contributed by atoms with Crippen LogP contribution < -0.4 is 0 Å². The third-order valence-electron chi connectivity index (χ3n) is 12.9. The topological polar surface area (TPSA) is 80.7 Å². The summed E-state index contributed by atoms with van der Waals surface area (Å²) < 4.78 is 5.41. The summed E-state index contributed by atoms with van der Waals surface area (Å²) in [6, 6.07) is 0. The number of halogens is 1. The van der Waals surface area contributed by atoms with Crippen LogP contribution in [0.25, 0.3) is 0 Å². The zero-order chi connectivity index (χ0) is 28.1. The van der Waals surface area contributed by atoms with Crippen LogP contribution >= 0.6 is 11.6 Å². The van der Waals surface area contributed by atoms with Crippen molar-refractivity contribution >= 4 is 29.1 Å². The SMILES string of the molecule is COC(=O)[C@]12CCC(C)(C)C[C@H]1[C@H]1C(=O)C=C3[C@@]4(C)C/C(=C\Cl)C(=O)[C@](C)(CO)[C@@H]4CC[C@@]3(C)[C@]1(C)CC2. The zero-order valence-electron chi connectivity index (χ0n) is 24.2. The summed E-state index contributed by atoms with van der Waals surface area (Å²) in [6.07, 6.45) is 8.13. The first kappa shape index (κ1) is 28.1. The van der Waals surface area contributed by atoms with Gasteiger partial charge in [-0.05, 0) is 97.9 Å². The Kier molecular flexibility index (Phi) is 6.30. The van der Waals surface area contributed by atoms with Crippen molar-refractivity contribution in [3.8, 4) is 0 Å². The van der Waals surface area contributed by atoms with Crippen molar-refractivity contribution in [1.82, 2.24) is 0 Å². The molecule has 38 heavy (non-hydrogen) atoms. The molecule has 5 aliphatic rings. The highest BCUT2D eigenvalue weighted by Gasteiger charge is 2.71. The molecule has 4 fully saturated rings. The lowest BCUT2D eigenvalue weighted by Gasteiger charge is -2.69. The lowest BCUT2D eigenvalue weighted by atomic mass is 9.33. The number of ether oxygens (including phenoxy) is 1. The van der Waals surface area contributed by atoms with E-state index in [9.17, 15) is 19.5 Å². The number of carbonyl (C=O) groups is 3. The molecular formula is C32H45ClO5. The largest absolute Gasteiger partial charge is 0.469 e. The predicted molar refractivity (Wildman–Crippen MR) is 147 cm³/mol. The number of aliphatic hydroxyl groups is 1. The van der Waals surface area contributed by atoms with Crippen molar-refractivity contribution in [2.75, 3.05) is 13.7 Å². The number of Topliss-reactive ketones (excluding diaryl/α,β-unsaturated/α-hetero) is 1. The van der Waals surface area contributed by atoms with Gasteiger partial charge in [0.05, 0.1) is 24.5 Å². The van der Waals surface area contributed by atoms with E-state index in [1.807, 2.05) is 13.0 Å². The van der Waals surface area contributed by atoms with Gasteiger partial charge in [0, 0.05) is 17.0 Å². The number of methoxy groups -OCH3 is 1. The van der Waals surface area contributed by atoms with Crippen LogP contribution in [0.1, 0.15) is 92.9 Å². The van der Waals surface area contributed by atoms with Crippen LogP contribution in [0.4, 0.5) is 0 Å². The number of rotatable bonds is 2. The van der Waals surface area contributed by atoms with E-state index in [0.717, 1.165) is 50.5 Å². The normalized spacial score (nSPS) is 48.8. The van der Waals surface area contributed by atoms with Gasteiger partial charge >= 0.3 is 5.97 Å². The van der Waals surface area contributed by atoms with Gasteiger partial charge < -0.3 is 9.84 Å². The fourth-order valence-corrected chi connectivity index (χ4v) is 10.7. The van der Waals surface area contributed by atoms with E-state index < -0.39 is 16.2 Å². The molecule has 0 unspecified atom stereocenters. The Morgan fingerprint density at radius 2 is 1.74 bits per heavy atom. The molecule has 0 aromatic heterocycles. The molecule has 6 heteroatoms. The van der Waals surface area contributed by atoms with E-state index in [1.165, 1.54) is 12.6 Å². The lowest BCUT2D eigenvalue weighted by molar-refractivity contribution is -0.192. The lowest BCUT2D eigenvalue weighted by Crippen LogP contribution is -2.66. The summed E-state index contributed by atoms with van der Waals surface area (Å²) >= 11 is 6.20. The molecule has 0 aromatic carbocycles. The number of fused-ring (bicyclic) bond motifs is 7. The summed E-state index contributed by atoms with van der Waals surface area (Å²) in [6.45, 7) is 13.0. The van der Waals surface area contributed by atoms with Crippen LogP contribution in [0.3, 0.4) is 0 Å². The number of hydrogen-bond acceptors (Lipinski definition) is 5. The summed E-state index contributed by atoms with van der Waals surface area (Å²) in [5.74, 6) is -0.480. The Bertz CT molecular complexity index is 1150. The highest BCUT2D eigenvalue weighted by Crippen LogP contribution is 2.75. The Hall–Kier alpha value is -1.46. The smallest absolute Gasteiger partial charge is 0.312 e. The quantitative estimate of drug-likeness (QED) is 0.321. The van der Waals surface area contributed by atoms with E-state index in [2.05, 4.69) is 34.6 Å². The molecule has 0 amide bonds. The van der Waals surface area contributed by atoms with Crippen LogP contribution in [-0.2, 0) is 19.1 Å². The highest BCUT2D eigenvalue weighted by atomic mass is 35.5. The van der Waals surface area contributed by atoms with E-state index in [-0.39, 0.29) is 58.1 Å². The van der Waals surface area contributed by atoms with Gasteiger partial charge in [0.25, 0.3) is 0 Å². The second kappa shape index (κ2) is 8.52. The van der Waals surface area contributed by atoms with Crippen LogP contribution in [0.5, 0.6) is 0 Å². The fraction of sp³-hybridized carbons (Fsp3) is 0.781. The third kappa shape index (κ3) is 3.30. The minimum absolute atomic E-state index is 0.0564. The first-order valence-electron chi connectivity index (χ1n) is 14.4. The minimum Gasteiger partial charge on any atom is -0.469 e. The molecule has 8 atom stereocenters. The molecule has 5 nitrogen and oxygen atoms in total. The summed E-state index contributed by atoms with van der Waals surface area (Å²) in [5, 5.41) is 10.5. The number of carbonyl (C=O) groups excluding carboxylic acids is 3. The number of esters is 1. The van der Waals surface area contributed by atoms with E-state index in [0.29, 0.717) is 12.0 Å². The van der Waals surface area contributed by atoms with Crippen LogP contribution in [-0.4, -0.2) is 36.4 Å². The molecule has 0 saturated heterocycles. The standard InChI is InChI=1S/C32H45ClO5/c1-27(2)10-12-32(26(37)38-7)13-11-31(6)24(20(32)16-27)21(35)14-23-28(3)15-19(17-33)25(36)29(4,18-34)22(28)8-9-30(23,31)5/h14,17,20,22,24,34H,8-13,15-16,18H2,1-7H3/b19-17+/t20-,22+,24-,28-,29+,30+,31+,32-/m0/s1. The Labute approximate surface area is 232 Å². The Morgan fingerprint density at radius 1 is 1.08 bits per heavy atom. The van der Waals surface area contributed by atoms with Gasteiger partial charge in [-0.1, -0.05) is 51.8 Å². The van der Waals surface area contributed by atoms with Gasteiger partial charge in [0.1, 0.15) is 0 Å². The van der Waals surface area contributed by atoms with Crippen molar-refractivity contribution in [3.63, 3.8) is 0 Å². The van der Waals surface area contributed by atoms with E-state index >= 15 is 0 Å². The van der Waals surface area contributed by atoms with E-state index in [4.69, 9.17) is 16.3 Å². The molecule has 0 aliphatic heterocycles. The Morgan fingerprint density at radius 3 is 2.34 bits per heavy atom. The van der Waals surface area contributed by atoms with Gasteiger partial charge in [-0.15, -0.1) is 0 Å². The number of hydrogen-bond donors (Lipinski definition) is 1. The van der Waals surface area contributed by atoms with Gasteiger partial charge in [-0.2, -0.15) is 0 Å². The average Bonchev–Trinajstić information content (AvgIpc) is 2.86. The van der Waals surface area contributed by atoms with Gasteiger partial charge in [-0.3, -0.25) is 14.4 Å². The molecule has 210 valence electrons. The molecule has 0 bridgehead atoms. The second-order valence-electron chi connectivity index (χ2n) is 15.0. The maximum absolute atomic E-state index is 14.4. The van der Waals surface area contributed by atoms with Crippen LogP contribution in [0, 0.1) is 50.2 Å². The molecule has 4 saturated carbocycles. The highest BCUT2D eigenvalue weighted by molar-refractivity contribution is 6.28. The maximum atomic E-state index is 14.4.